The summed E-state index contributed by atoms with van der Waals surface area (Å²) >= 11 is 0. The molecule has 0 saturated carbocycles. The Bertz CT molecular complexity index is 1890. The van der Waals surface area contributed by atoms with Gasteiger partial charge < -0.3 is 38.0 Å². The van der Waals surface area contributed by atoms with Gasteiger partial charge >= 0.3 is 11.9 Å². The molecule has 0 aliphatic carbocycles. The van der Waals surface area contributed by atoms with Crippen LogP contribution in [0, 0.1) is 0 Å². The zero-order valence-electron chi connectivity index (χ0n) is 23.6. The van der Waals surface area contributed by atoms with Crippen molar-refractivity contribution >= 4 is 52.2 Å². The van der Waals surface area contributed by atoms with Crippen LogP contribution in [0.1, 0.15) is 39.3 Å². The van der Waals surface area contributed by atoms with E-state index < -0.39 is 23.9 Å². The maximum Gasteiger partial charge on any atom is 0.336 e. The molecule has 17 nitrogen and oxygen atoms in total. The number of amides is 1. The summed E-state index contributed by atoms with van der Waals surface area (Å²) in [6.45, 7) is 0.590. The molecular weight excluding hydrogens is 584 g/mol. The minimum Gasteiger partial charge on any atom is -0.480 e. The second kappa shape index (κ2) is 12.9. The smallest absolute Gasteiger partial charge is 0.336 e. The fourth-order valence-electron chi connectivity index (χ4n) is 4.45. The molecule has 45 heavy (non-hydrogen) atoms. The van der Waals surface area contributed by atoms with E-state index in [-0.39, 0.29) is 35.0 Å². The Morgan fingerprint density at radius 1 is 0.978 bits per heavy atom. The van der Waals surface area contributed by atoms with Gasteiger partial charge in [0, 0.05) is 29.0 Å². The Morgan fingerprint density at radius 2 is 1.76 bits per heavy atom. The number of rotatable bonds is 12. The van der Waals surface area contributed by atoms with Crippen molar-refractivity contribution < 1.29 is 24.6 Å². The number of benzene rings is 2. The van der Waals surface area contributed by atoms with Crippen molar-refractivity contribution in [3.8, 4) is 11.3 Å². The lowest BCUT2D eigenvalue weighted by atomic mass is 10.0. The van der Waals surface area contributed by atoms with Gasteiger partial charge in [-0.15, -0.1) is 5.10 Å². The molecule has 17 heteroatoms. The number of nitrogens with zero attached hydrogens (tertiary/aromatic N) is 7. The topological polar surface area (TPSA) is 276 Å². The van der Waals surface area contributed by atoms with Crippen LogP contribution in [0.25, 0.3) is 22.4 Å². The lowest BCUT2D eigenvalue weighted by molar-refractivity contribution is -0.139. The van der Waals surface area contributed by atoms with Gasteiger partial charge in [0.15, 0.2) is 17.0 Å². The zero-order chi connectivity index (χ0) is 32.1. The SMILES string of the molecule is Nc1ccc(-c2cn(CCC[C@H](NC(=O)c3ccc(NCc4cnc5nc(N)nc(N)c5n4)cc3)C(=O)O)nn2)c(C(=O)O)c1. The summed E-state index contributed by atoms with van der Waals surface area (Å²) in [7, 11) is 0. The molecule has 0 unspecified atom stereocenters. The first-order chi connectivity index (χ1) is 21.6. The second-order valence-electron chi connectivity index (χ2n) is 9.92. The molecule has 0 saturated heterocycles. The molecule has 0 radical (unpaired) electrons. The van der Waals surface area contributed by atoms with Gasteiger partial charge in [-0.1, -0.05) is 5.21 Å². The largest absolute Gasteiger partial charge is 0.480 e. The normalized spacial score (nSPS) is 11.6. The number of aromatic carboxylic acids is 1. The standard InChI is InChI=1S/C28H28N12O5/c29-15-5-8-18(19(10-15)26(42)43)21-13-40(39-38-21)9-1-2-20(27(44)45)35-25(41)14-3-6-16(7-4-14)32-11-17-12-33-24-22(34-17)23(30)36-28(31)37-24/h3-8,10,12-13,20,32H,1-2,9,11,29H2,(H,35,41)(H,42,43)(H,44,45)(H4,30,31,33,36,37)/t20-/m0/s1. The minimum atomic E-state index is -1.18. The van der Waals surface area contributed by atoms with Gasteiger partial charge in [0.05, 0.1) is 30.2 Å². The molecule has 0 spiro atoms. The van der Waals surface area contributed by atoms with Gasteiger partial charge in [-0.3, -0.25) is 9.48 Å². The molecule has 10 N–H and O–H groups in total. The van der Waals surface area contributed by atoms with Gasteiger partial charge in [-0.25, -0.2) is 19.6 Å². The molecule has 5 aromatic rings. The lowest BCUT2D eigenvalue weighted by Gasteiger charge is -2.15. The number of carbonyl (C=O) groups excluding carboxylic acids is 1. The van der Waals surface area contributed by atoms with Crippen molar-refractivity contribution in [3.63, 3.8) is 0 Å². The van der Waals surface area contributed by atoms with Gasteiger partial charge in [-0.05, 0) is 55.3 Å². The van der Waals surface area contributed by atoms with E-state index in [0.29, 0.717) is 53.4 Å². The van der Waals surface area contributed by atoms with Crippen LogP contribution in [0.2, 0.25) is 0 Å². The van der Waals surface area contributed by atoms with E-state index in [2.05, 4.69) is 40.9 Å². The number of nitrogens with one attached hydrogen (secondary N) is 2. The first kappa shape index (κ1) is 30.1. The average Bonchev–Trinajstić information content (AvgIpc) is 3.48. The highest BCUT2D eigenvalue weighted by atomic mass is 16.4. The van der Waals surface area contributed by atoms with Gasteiger partial charge in [0.25, 0.3) is 5.91 Å². The van der Waals surface area contributed by atoms with Crippen molar-refractivity contribution in [1.29, 1.82) is 0 Å². The summed E-state index contributed by atoms with van der Waals surface area (Å²) in [4.78, 5) is 52.8. The summed E-state index contributed by atoms with van der Waals surface area (Å²) in [6.07, 6.45) is 3.56. The molecular formula is C28H28N12O5. The van der Waals surface area contributed by atoms with Crippen LogP contribution >= 0.6 is 0 Å². The Balaban J connectivity index is 1.14. The average molecular weight is 613 g/mol. The highest BCUT2D eigenvalue weighted by Gasteiger charge is 2.21. The fourth-order valence-corrected chi connectivity index (χ4v) is 4.45. The van der Waals surface area contributed by atoms with Crippen LogP contribution in [0.5, 0.6) is 0 Å². The maximum atomic E-state index is 12.8. The van der Waals surface area contributed by atoms with Gasteiger partial charge in [0.2, 0.25) is 5.95 Å². The number of hydrogen-bond donors (Lipinski definition) is 7. The number of carboxylic acid groups (broad SMARTS) is 2. The van der Waals surface area contributed by atoms with E-state index >= 15 is 0 Å². The van der Waals surface area contributed by atoms with E-state index in [4.69, 9.17) is 17.2 Å². The number of nitrogens with two attached hydrogens (primary N) is 3. The third-order valence-corrected chi connectivity index (χ3v) is 6.69. The Labute approximate surface area is 254 Å². The molecule has 3 aromatic heterocycles. The van der Waals surface area contributed by atoms with Crippen LogP contribution in [-0.2, 0) is 17.9 Å². The molecule has 5 rings (SSSR count). The summed E-state index contributed by atoms with van der Waals surface area (Å²) in [5.74, 6) is -2.74. The number of aliphatic carboxylic acids is 1. The summed E-state index contributed by atoms with van der Waals surface area (Å²) in [6, 6.07) is 9.80. The number of fused-ring (bicyclic) bond motifs is 1. The predicted octanol–water partition coefficient (Wildman–Crippen LogP) is 1.40. The minimum absolute atomic E-state index is 0.00814. The maximum absolute atomic E-state index is 12.8. The molecule has 0 bridgehead atoms. The van der Waals surface area contributed by atoms with Crippen molar-refractivity contribution in [2.45, 2.75) is 32.0 Å². The Hall–Kier alpha value is -6.39. The second-order valence-corrected chi connectivity index (χ2v) is 9.92. The van der Waals surface area contributed by atoms with Crippen LogP contribution in [0.3, 0.4) is 0 Å². The molecule has 1 amide bonds. The quantitative estimate of drug-likeness (QED) is 0.0980. The van der Waals surface area contributed by atoms with E-state index in [9.17, 15) is 24.6 Å². The van der Waals surface area contributed by atoms with E-state index in [1.165, 1.54) is 16.9 Å². The summed E-state index contributed by atoms with van der Waals surface area (Å²) in [5, 5.41) is 32.9. The van der Waals surface area contributed by atoms with Gasteiger partial charge in [0.1, 0.15) is 11.7 Å². The number of nitrogen functional groups attached to an aromatic ring is 3. The highest BCUT2D eigenvalue weighted by molar-refractivity contribution is 5.97. The van der Waals surface area contributed by atoms with Crippen molar-refractivity contribution in [2.24, 2.45) is 0 Å². The molecule has 2 aromatic carbocycles. The Morgan fingerprint density at radius 3 is 2.49 bits per heavy atom. The highest BCUT2D eigenvalue weighted by Crippen LogP contribution is 2.24. The molecule has 230 valence electrons. The molecule has 0 aliphatic rings. The number of anilines is 4. The molecule has 0 aliphatic heterocycles. The van der Waals surface area contributed by atoms with Crippen LogP contribution in [0.15, 0.2) is 54.9 Å². The van der Waals surface area contributed by atoms with Crippen LogP contribution in [0.4, 0.5) is 23.1 Å². The van der Waals surface area contributed by atoms with Crippen molar-refractivity contribution in [3.05, 3.63) is 71.7 Å². The number of carboxylic acids is 2. The predicted molar refractivity (Wildman–Crippen MR) is 163 cm³/mol. The van der Waals surface area contributed by atoms with E-state index in [0.717, 1.165) is 0 Å². The van der Waals surface area contributed by atoms with Crippen molar-refractivity contribution in [2.75, 3.05) is 22.5 Å². The van der Waals surface area contributed by atoms with Crippen molar-refractivity contribution in [1.82, 2.24) is 40.2 Å². The first-order valence-corrected chi connectivity index (χ1v) is 13.5. The molecule has 1 atom stereocenters. The third kappa shape index (κ3) is 7.16. The third-order valence-electron chi connectivity index (χ3n) is 6.69. The fraction of sp³-hybridized carbons (Fsp3) is 0.179. The zero-order valence-corrected chi connectivity index (χ0v) is 23.6. The monoisotopic (exact) mass is 612 g/mol. The lowest BCUT2D eigenvalue weighted by Crippen LogP contribution is -2.40. The summed E-state index contributed by atoms with van der Waals surface area (Å²) < 4.78 is 1.48. The number of carbonyl (C=O) groups is 3. The molecule has 0 fully saturated rings. The summed E-state index contributed by atoms with van der Waals surface area (Å²) in [5.41, 5.74) is 20.3. The number of aryl methyl sites for hydroxylation is 1. The first-order valence-electron chi connectivity index (χ1n) is 13.5. The van der Waals surface area contributed by atoms with Crippen LogP contribution in [-0.4, -0.2) is 69.0 Å². The molecule has 3 heterocycles. The Kier molecular flexibility index (Phi) is 8.60. The number of hydrogen-bond acceptors (Lipinski definition) is 13. The van der Waals surface area contributed by atoms with E-state index in [1.807, 2.05) is 0 Å². The van der Waals surface area contributed by atoms with E-state index in [1.54, 1.807) is 42.6 Å². The number of aromatic nitrogens is 7. The van der Waals surface area contributed by atoms with Crippen LogP contribution < -0.4 is 27.8 Å². The van der Waals surface area contributed by atoms with Gasteiger partial charge in [-0.2, -0.15) is 9.97 Å².